The van der Waals surface area contributed by atoms with Crippen molar-refractivity contribution in [3.05, 3.63) is 65.5 Å². The van der Waals surface area contributed by atoms with Gasteiger partial charge in [0.25, 0.3) is 0 Å². The molecule has 2 aromatic rings. The van der Waals surface area contributed by atoms with E-state index in [1.165, 1.54) is 17.7 Å². The summed E-state index contributed by atoms with van der Waals surface area (Å²) in [5.74, 6) is 3.72. The van der Waals surface area contributed by atoms with Crippen molar-refractivity contribution in [3.8, 4) is 18.1 Å². The van der Waals surface area contributed by atoms with E-state index in [-0.39, 0.29) is 11.9 Å². The van der Waals surface area contributed by atoms with Crippen LogP contribution in [-0.4, -0.2) is 31.6 Å². The minimum absolute atomic E-state index is 0.131. The van der Waals surface area contributed by atoms with Crippen LogP contribution in [0.1, 0.15) is 17.2 Å². The van der Waals surface area contributed by atoms with Crippen molar-refractivity contribution < 1.29 is 9.13 Å². The van der Waals surface area contributed by atoms with Gasteiger partial charge in [0.05, 0.1) is 19.7 Å². The second kappa shape index (κ2) is 8.81. The topological polar surface area (TPSA) is 36.5 Å². The molecule has 136 valence electrons. The average molecular weight is 353 g/mol. The standard InChI is InChI=1S/C21H24FN3O/c1-3-12-25(14-16-4-10-20(26-2)11-5-16)15-18-13-23-24-21(18)17-6-8-19(22)9-7-17/h1,4-11,18,21,23-24H,12-15H2,2H3. The van der Waals surface area contributed by atoms with E-state index in [0.29, 0.717) is 12.5 Å². The van der Waals surface area contributed by atoms with Gasteiger partial charge >= 0.3 is 0 Å². The third-order valence-corrected chi connectivity index (χ3v) is 4.70. The number of methoxy groups -OCH3 is 1. The Morgan fingerprint density at radius 1 is 1.19 bits per heavy atom. The lowest BCUT2D eigenvalue weighted by atomic mass is 9.94. The number of hydrazine groups is 1. The molecule has 1 heterocycles. The molecule has 0 spiro atoms. The lowest BCUT2D eigenvalue weighted by Crippen LogP contribution is -2.33. The summed E-state index contributed by atoms with van der Waals surface area (Å²) in [4.78, 5) is 2.26. The lowest BCUT2D eigenvalue weighted by molar-refractivity contribution is 0.242. The highest BCUT2D eigenvalue weighted by Crippen LogP contribution is 2.26. The van der Waals surface area contributed by atoms with Crippen molar-refractivity contribution in [2.75, 3.05) is 26.7 Å². The Hall–Kier alpha value is -2.39. The predicted molar refractivity (Wildman–Crippen MR) is 101 cm³/mol. The Balaban J connectivity index is 1.67. The number of hydrogen-bond acceptors (Lipinski definition) is 4. The molecule has 2 atom stereocenters. The quantitative estimate of drug-likeness (QED) is 0.751. The zero-order chi connectivity index (χ0) is 18.4. The Morgan fingerprint density at radius 2 is 1.92 bits per heavy atom. The first kappa shape index (κ1) is 18.4. The van der Waals surface area contributed by atoms with Crippen molar-refractivity contribution in [1.29, 1.82) is 0 Å². The zero-order valence-electron chi connectivity index (χ0n) is 14.9. The van der Waals surface area contributed by atoms with Crippen LogP contribution in [0, 0.1) is 24.1 Å². The normalized spacial score (nSPS) is 19.5. The van der Waals surface area contributed by atoms with E-state index < -0.39 is 0 Å². The van der Waals surface area contributed by atoms with Crippen LogP contribution in [0.15, 0.2) is 48.5 Å². The fraction of sp³-hybridized carbons (Fsp3) is 0.333. The van der Waals surface area contributed by atoms with Crippen molar-refractivity contribution in [3.63, 3.8) is 0 Å². The summed E-state index contributed by atoms with van der Waals surface area (Å²) in [5.41, 5.74) is 8.79. The molecule has 0 saturated carbocycles. The third kappa shape index (κ3) is 4.61. The molecule has 2 aromatic carbocycles. The van der Waals surface area contributed by atoms with Crippen LogP contribution in [0.5, 0.6) is 5.75 Å². The summed E-state index contributed by atoms with van der Waals surface area (Å²) >= 11 is 0. The van der Waals surface area contributed by atoms with E-state index >= 15 is 0 Å². The molecule has 0 amide bonds. The summed E-state index contributed by atoms with van der Waals surface area (Å²) in [7, 11) is 1.66. The molecule has 0 radical (unpaired) electrons. The maximum Gasteiger partial charge on any atom is 0.123 e. The highest BCUT2D eigenvalue weighted by Gasteiger charge is 2.29. The fourth-order valence-corrected chi connectivity index (χ4v) is 3.37. The molecule has 1 aliphatic heterocycles. The molecule has 3 rings (SSSR count). The van der Waals surface area contributed by atoms with Gasteiger partial charge in [-0.1, -0.05) is 30.2 Å². The Bertz CT molecular complexity index is 739. The first-order valence-electron chi connectivity index (χ1n) is 8.72. The molecule has 5 heteroatoms. The van der Waals surface area contributed by atoms with Crippen LogP contribution in [0.2, 0.25) is 0 Å². The molecule has 2 unspecified atom stereocenters. The van der Waals surface area contributed by atoms with E-state index in [0.717, 1.165) is 30.9 Å². The summed E-state index contributed by atoms with van der Waals surface area (Å²) in [6.45, 7) is 3.05. The smallest absolute Gasteiger partial charge is 0.123 e. The van der Waals surface area contributed by atoms with Crippen LogP contribution in [0.3, 0.4) is 0 Å². The van der Waals surface area contributed by atoms with Crippen LogP contribution in [0.4, 0.5) is 4.39 Å². The monoisotopic (exact) mass is 353 g/mol. The largest absolute Gasteiger partial charge is 0.497 e. The third-order valence-electron chi connectivity index (χ3n) is 4.70. The first-order chi connectivity index (χ1) is 12.7. The molecule has 2 N–H and O–H groups in total. The van der Waals surface area contributed by atoms with E-state index in [9.17, 15) is 4.39 Å². The van der Waals surface area contributed by atoms with Crippen LogP contribution >= 0.6 is 0 Å². The van der Waals surface area contributed by atoms with Crippen LogP contribution < -0.4 is 15.6 Å². The Morgan fingerprint density at radius 3 is 2.58 bits per heavy atom. The van der Waals surface area contributed by atoms with Crippen molar-refractivity contribution >= 4 is 0 Å². The van der Waals surface area contributed by atoms with Crippen molar-refractivity contribution in [2.24, 2.45) is 5.92 Å². The number of ether oxygens (including phenoxy) is 1. The second-order valence-electron chi connectivity index (χ2n) is 6.54. The number of nitrogens with zero attached hydrogens (tertiary/aromatic N) is 1. The minimum Gasteiger partial charge on any atom is -0.497 e. The number of terminal acetylenes is 1. The molecule has 4 nitrogen and oxygen atoms in total. The molecular weight excluding hydrogens is 329 g/mol. The van der Waals surface area contributed by atoms with Crippen molar-refractivity contribution in [1.82, 2.24) is 15.8 Å². The first-order valence-corrected chi connectivity index (χ1v) is 8.72. The highest BCUT2D eigenvalue weighted by atomic mass is 19.1. The van der Waals surface area contributed by atoms with E-state index in [1.54, 1.807) is 7.11 Å². The number of rotatable bonds is 7. The molecule has 1 saturated heterocycles. The number of hydrogen-bond donors (Lipinski definition) is 2. The molecule has 1 aliphatic rings. The Labute approximate surface area is 154 Å². The molecule has 26 heavy (non-hydrogen) atoms. The summed E-state index contributed by atoms with van der Waals surface area (Å²) in [6.07, 6.45) is 5.58. The van der Waals surface area contributed by atoms with Gasteiger partial charge < -0.3 is 4.74 Å². The van der Waals surface area contributed by atoms with Gasteiger partial charge in [0.2, 0.25) is 0 Å². The second-order valence-corrected chi connectivity index (χ2v) is 6.54. The summed E-state index contributed by atoms with van der Waals surface area (Å²) in [6, 6.07) is 14.9. The van der Waals surface area contributed by atoms with Crippen LogP contribution in [-0.2, 0) is 6.54 Å². The van der Waals surface area contributed by atoms with Gasteiger partial charge in [-0.15, -0.1) is 6.42 Å². The van der Waals surface area contributed by atoms with Crippen LogP contribution in [0.25, 0.3) is 0 Å². The molecular formula is C21H24FN3O. The minimum atomic E-state index is -0.218. The van der Waals surface area contributed by atoms with Gasteiger partial charge in [-0.3, -0.25) is 10.3 Å². The maximum atomic E-state index is 13.2. The van der Waals surface area contributed by atoms with E-state index in [2.05, 4.69) is 33.8 Å². The molecule has 1 fully saturated rings. The predicted octanol–water partition coefficient (Wildman–Crippen LogP) is 2.73. The lowest BCUT2D eigenvalue weighted by Gasteiger charge is -2.26. The molecule has 0 bridgehead atoms. The summed E-state index contributed by atoms with van der Waals surface area (Å²) in [5, 5.41) is 0. The number of halogens is 1. The molecule has 0 aromatic heterocycles. The fourth-order valence-electron chi connectivity index (χ4n) is 3.37. The SMILES string of the molecule is C#CCN(Cc1ccc(OC)cc1)CC1CNNC1c1ccc(F)cc1. The van der Waals surface area contributed by atoms with Crippen molar-refractivity contribution in [2.45, 2.75) is 12.6 Å². The van der Waals surface area contributed by atoms with E-state index in [4.69, 9.17) is 11.2 Å². The van der Waals surface area contributed by atoms with E-state index in [1.807, 2.05) is 24.3 Å². The highest BCUT2D eigenvalue weighted by molar-refractivity contribution is 5.27. The van der Waals surface area contributed by atoms with Gasteiger partial charge in [0.1, 0.15) is 11.6 Å². The number of nitrogens with one attached hydrogen (secondary N) is 2. The van der Waals surface area contributed by atoms with Gasteiger partial charge in [-0.25, -0.2) is 9.82 Å². The Kier molecular flexibility index (Phi) is 6.24. The van der Waals surface area contributed by atoms with Gasteiger partial charge in [-0.05, 0) is 35.4 Å². The maximum absolute atomic E-state index is 13.2. The molecule has 0 aliphatic carbocycles. The summed E-state index contributed by atoms with van der Waals surface area (Å²) < 4.78 is 18.4. The van der Waals surface area contributed by atoms with Gasteiger partial charge in [0, 0.05) is 25.6 Å². The average Bonchev–Trinajstić information content (AvgIpc) is 3.11. The zero-order valence-corrected chi connectivity index (χ0v) is 14.9. The number of benzene rings is 2. The van der Waals surface area contributed by atoms with Gasteiger partial charge in [0.15, 0.2) is 0 Å². The van der Waals surface area contributed by atoms with Gasteiger partial charge in [-0.2, -0.15) is 0 Å².